The van der Waals surface area contributed by atoms with Gasteiger partial charge in [0.05, 0.1) is 0 Å². The molecule has 0 bridgehead atoms. The number of carbonyl (C=O) groups is 2. The van der Waals surface area contributed by atoms with Gasteiger partial charge in [0.1, 0.15) is 5.78 Å². The average Bonchev–Trinajstić information content (AvgIpc) is 2.18. The standard InChI is InChI=1S/C11H19NO3/c1-9(8-15-2)7-11(14)12-5-3-10(13)4-6-12/h9H,3-8H2,1-2H3. The zero-order valence-electron chi connectivity index (χ0n) is 9.49. The molecule has 0 radical (unpaired) electrons. The minimum absolute atomic E-state index is 0.145. The summed E-state index contributed by atoms with van der Waals surface area (Å²) < 4.78 is 4.98. The Morgan fingerprint density at radius 2 is 2.07 bits per heavy atom. The minimum atomic E-state index is 0.145. The number of likely N-dealkylation sites (tertiary alicyclic amines) is 1. The van der Waals surface area contributed by atoms with E-state index >= 15 is 0 Å². The summed E-state index contributed by atoms with van der Waals surface area (Å²) in [5.74, 6) is 0.663. The second kappa shape index (κ2) is 5.85. The van der Waals surface area contributed by atoms with Crippen molar-refractivity contribution in [2.24, 2.45) is 5.92 Å². The number of rotatable bonds is 4. The van der Waals surface area contributed by atoms with Crippen molar-refractivity contribution >= 4 is 11.7 Å². The third-order valence-electron chi connectivity index (χ3n) is 2.65. The number of ketones is 1. The van der Waals surface area contributed by atoms with E-state index in [1.54, 1.807) is 12.0 Å². The lowest BCUT2D eigenvalue weighted by molar-refractivity contribution is -0.135. The van der Waals surface area contributed by atoms with E-state index in [-0.39, 0.29) is 17.6 Å². The van der Waals surface area contributed by atoms with Gasteiger partial charge in [-0.3, -0.25) is 9.59 Å². The number of Topliss-reactive ketones (excluding diaryl/α,β-unsaturated/α-hetero) is 1. The van der Waals surface area contributed by atoms with Crippen LogP contribution in [0.4, 0.5) is 0 Å². The maximum atomic E-state index is 11.7. The number of hydrogen-bond acceptors (Lipinski definition) is 3. The number of nitrogens with zero attached hydrogens (tertiary/aromatic N) is 1. The van der Waals surface area contributed by atoms with Gasteiger partial charge in [-0.05, 0) is 5.92 Å². The van der Waals surface area contributed by atoms with E-state index in [0.717, 1.165) is 0 Å². The fourth-order valence-electron chi connectivity index (χ4n) is 1.78. The number of ether oxygens (including phenoxy) is 1. The molecule has 1 aliphatic heterocycles. The van der Waals surface area contributed by atoms with Crippen LogP contribution in [0.2, 0.25) is 0 Å². The fraction of sp³-hybridized carbons (Fsp3) is 0.818. The molecule has 4 nitrogen and oxygen atoms in total. The first-order valence-electron chi connectivity index (χ1n) is 5.42. The maximum Gasteiger partial charge on any atom is 0.222 e. The monoisotopic (exact) mass is 213 g/mol. The second-order valence-corrected chi connectivity index (χ2v) is 4.18. The van der Waals surface area contributed by atoms with E-state index < -0.39 is 0 Å². The van der Waals surface area contributed by atoms with E-state index in [1.165, 1.54) is 0 Å². The van der Waals surface area contributed by atoms with E-state index in [9.17, 15) is 9.59 Å². The minimum Gasteiger partial charge on any atom is -0.384 e. The highest BCUT2D eigenvalue weighted by Crippen LogP contribution is 2.11. The highest BCUT2D eigenvalue weighted by molar-refractivity contribution is 5.83. The van der Waals surface area contributed by atoms with Crippen LogP contribution in [0, 0.1) is 5.92 Å². The van der Waals surface area contributed by atoms with Gasteiger partial charge in [-0.25, -0.2) is 0 Å². The summed E-state index contributed by atoms with van der Waals surface area (Å²) in [5.41, 5.74) is 0. The Kier molecular flexibility index (Phi) is 4.75. The Bertz CT molecular complexity index is 230. The van der Waals surface area contributed by atoms with Crippen molar-refractivity contribution in [1.29, 1.82) is 0 Å². The summed E-state index contributed by atoms with van der Waals surface area (Å²) in [7, 11) is 1.64. The van der Waals surface area contributed by atoms with Crippen molar-refractivity contribution in [1.82, 2.24) is 4.90 Å². The van der Waals surface area contributed by atoms with Gasteiger partial charge in [-0.15, -0.1) is 0 Å². The second-order valence-electron chi connectivity index (χ2n) is 4.18. The van der Waals surface area contributed by atoms with Crippen molar-refractivity contribution in [3.05, 3.63) is 0 Å². The molecule has 4 heteroatoms. The summed E-state index contributed by atoms with van der Waals surface area (Å²) in [4.78, 5) is 24.5. The largest absolute Gasteiger partial charge is 0.384 e. The molecule has 1 aliphatic rings. The smallest absolute Gasteiger partial charge is 0.222 e. The molecule has 0 N–H and O–H groups in total. The molecule has 1 atom stereocenters. The number of amides is 1. The summed E-state index contributed by atoms with van der Waals surface area (Å²) in [6.45, 7) is 3.80. The molecule has 15 heavy (non-hydrogen) atoms. The van der Waals surface area contributed by atoms with Crippen molar-refractivity contribution in [3.63, 3.8) is 0 Å². The van der Waals surface area contributed by atoms with E-state index in [1.807, 2.05) is 6.92 Å². The van der Waals surface area contributed by atoms with Crippen LogP contribution in [0.25, 0.3) is 0 Å². The fourth-order valence-corrected chi connectivity index (χ4v) is 1.78. The van der Waals surface area contributed by atoms with Gasteiger partial charge in [0.15, 0.2) is 0 Å². The summed E-state index contributed by atoms with van der Waals surface area (Å²) >= 11 is 0. The Balaban J connectivity index is 2.30. The van der Waals surface area contributed by atoms with Crippen LogP contribution < -0.4 is 0 Å². The maximum absolute atomic E-state index is 11.7. The van der Waals surface area contributed by atoms with Crippen molar-refractivity contribution in [2.45, 2.75) is 26.2 Å². The molecule has 0 aromatic rings. The number of hydrogen-bond donors (Lipinski definition) is 0. The van der Waals surface area contributed by atoms with E-state index in [2.05, 4.69) is 0 Å². The van der Waals surface area contributed by atoms with Crippen LogP contribution >= 0.6 is 0 Å². The quantitative estimate of drug-likeness (QED) is 0.695. The topological polar surface area (TPSA) is 46.6 Å². The van der Waals surface area contributed by atoms with Crippen molar-refractivity contribution in [3.8, 4) is 0 Å². The Morgan fingerprint density at radius 3 is 2.60 bits per heavy atom. The highest BCUT2D eigenvalue weighted by atomic mass is 16.5. The molecule has 1 amide bonds. The van der Waals surface area contributed by atoms with Gasteiger partial charge in [0.25, 0.3) is 0 Å². The Hall–Kier alpha value is -0.900. The van der Waals surface area contributed by atoms with Gasteiger partial charge in [-0.2, -0.15) is 0 Å². The normalized spacial score (nSPS) is 19.1. The number of piperidine rings is 1. The Morgan fingerprint density at radius 1 is 1.47 bits per heavy atom. The Labute approximate surface area is 90.6 Å². The molecule has 0 aliphatic carbocycles. The van der Waals surface area contributed by atoms with Gasteiger partial charge < -0.3 is 9.64 Å². The first-order valence-corrected chi connectivity index (χ1v) is 5.42. The molecule has 1 unspecified atom stereocenters. The van der Waals surface area contributed by atoms with Gasteiger partial charge in [-0.1, -0.05) is 6.92 Å². The molecule has 0 aromatic heterocycles. The summed E-state index contributed by atoms with van der Waals surface area (Å²) in [6, 6.07) is 0. The SMILES string of the molecule is COCC(C)CC(=O)N1CCC(=O)CC1. The first-order chi connectivity index (χ1) is 7.13. The lowest BCUT2D eigenvalue weighted by atomic mass is 10.1. The zero-order valence-corrected chi connectivity index (χ0v) is 9.49. The first kappa shape index (κ1) is 12.2. The van der Waals surface area contributed by atoms with Gasteiger partial charge in [0, 0.05) is 46.1 Å². The third kappa shape index (κ3) is 4.00. The zero-order chi connectivity index (χ0) is 11.3. The average molecular weight is 213 g/mol. The van der Waals surface area contributed by atoms with E-state index in [4.69, 9.17) is 4.74 Å². The molecule has 1 fully saturated rings. The van der Waals surface area contributed by atoms with Gasteiger partial charge >= 0.3 is 0 Å². The molecule has 1 saturated heterocycles. The summed E-state index contributed by atoms with van der Waals surface area (Å²) in [5, 5.41) is 0. The lowest BCUT2D eigenvalue weighted by Gasteiger charge is -2.27. The molecule has 1 heterocycles. The lowest BCUT2D eigenvalue weighted by Crippen LogP contribution is -2.39. The van der Waals surface area contributed by atoms with Crippen molar-refractivity contribution < 1.29 is 14.3 Å². The van der Waals surface area contributed by atoms with Crippen LogP contribution in [-0.2, 0) is 14.3 Å². The van der Waals surface area contributed by atoms with Crippen LogP contribution in [0.5, 0.6) is 0 Å². The molecular formula is C11H19NO3. The molecule has 1 rings (SSSR count). The van der Waals surface area contributed by atoms with Gasteiger partial charge in [0.2, 0.25) is 5.91 Å². The molecule has 0 spiro atoms. The molecule has 0 saturated carbocycles. The number of carbonyl (C=O) groups excluding carboxylic acids is 2. The van der Waals surface area contributed by atoms with Crippen LogP contribution in [0.3, 0.4) is 0 Å². The van der Waals surface area contributed by atoms with Crippen LogP contribution in [-0.4, -0.2) is 43.4 Å². The predicted molar refractivity (Wildman–Crippen MR) is 56.5 cm³/mol. The highest BCUT2D eigenvalue weighted by Gasteiger charge is 2.21. The summed E-state index contributed by atoms with van der Waals surface area (Å²) in [6.07, 6.45) is 1.55. The third-order valence-corrected chi connectivity index (χ3v) is 2.65. The molecular weight excluding hydrogens is 194 g/mol. The molecule has 0 aromatic carbocycles. The van der Waals surface area contributed by atoms with Crippen LogP contribution in [0.1, 0.15) is 26.2 Å². The predicted octanol–water partition coefficient (Wildman–Crippen LogP) is 0.851. The van der Waals surface area contributed by atoms with Crippen LogP contribution in [0.15, 0.2) is 0 Å². The number of methoxy groups -OCH3 is 1. The van der Waals surface area contributed by atoms with E-state index in [0.29, 0.717) is 39.0 Å². The van der Waals surface area contributed by atoms with Crippen molar-refractivity contribution in [2.75, 3.05) is 26.8 Å². The molecule has 86 valence electrons.